The second-order valence-corrected chi connectivity index (χ2v) is 8.21. The fourth-order valence-corrected chi connectivity index (χ4v) is 3.74. The second kappa shape index (κ2) is 7.42. The number of halogens is 2. The number of carbonyl (C=O) groups excluding carboxylic acids is 1. The lowest BCUT2D eigenvalue weighted by atomic mass is 10.0. The predicted molar refractivity (Wildman–Crippen MR) is 105 cm³/mol. The van der Waals surface area contributed by atoms with Gasteiger partial charge in [-0.1, -0.05) is 55.2 Å². The number of allylic oxidation sites excluding steroid dienone is 1. The highest BCUT2D eigenvalue weighted by molar-refractivity contribution is 6.55. The number of hydrogen-bond donors (Lipinski definition) is 0. The van der Waals surface area contributed by atoms with E-state index >= 15 is 0 Å². The monoisotopic (exact) mass is 403 g/mol. The molecule has 1 aliphatic rings. The molecule has 0 heterocycles. The number of esters is 1. The second-order valence-electron chi connectivity index (χ2n) is 7.20. The zero-order chi connectivity index (χ0) is 19.8. The maximum absolute atomic E-state index is 12.6. The molecule has 0 amide bonds. The number of rotatable bonds is 5. The topological polar surface area (TPSA) is 59.3 Å². The molecule has 4 nitrogen and oxygen atoms in total. The Bertz CT molecular complexity index is 958. The number of hydrogen-bond acceptors (Lipinski definition) is 4. The van der Waals surface area contributed by atoms with Crippen LogP contribution in [0, 0.1) is 28.6 Å². The number of fused-ring (bicyclic) bond motifs is 1. The van der Waals surface area contributed by atoms with E-state index < -0.39 is 12.1 Å². The van der Waals surface area contributed by atoms with E-state index in [2.05, 4.69) is 6.07 Å². The Balaban J connectivity index is 1.80. The number of nitriles is 1. The van der Waals surface area contributed by atoms with Crippen molar-refractivity contribution in [3.05, 3.63) is 52.5 Å². The van der Waals surface area contributed by atoms with Gasteiger partial charge < -0.3 is 9.47 Å². The summed E-state index contributed by atoms with van der Waals surface area (Å²) in [6.07, 6.45) is 0.677. The summed E-state index contributed by atoms with van der Waals surface area (Å²) < 4.78 is 10.9. The van der Waals surface area contributed by atoms with E-state index in [1.54, 1.807) is 19.3 Å². The molecule has 1 fully saturated rings. The summed E-state index contributed by atoms with van der Waals surface area (Å²) in [6, 6.07) is 13.2. The van der Waals surface area contributed by atoms with Gasteiger partial charge in [-0.3, -0.25) is 4.79 Å². The van der Waals surface area contributed by atoms with Crippen molar-refractivity contribution in [3.8, 4) is 11.8 Å². The van der Waals surface area contributed by atoms with Gasteiger partial charge in [-0.15, -0.1) is 0 Å². The highest BCUT2D eigenvalue weighted by Crippen LogP contribution is 2.60. The first-order valence-electron chi connectivity index (χ1n) is 8.48. The smallest absolute Gasteiger partial charge is 0.311 e. The summed E-state index contributed by atoms with van der Waals surface area (Å²) >= 11 is 11.5. The first kappa shape index (κ1) is 19.5. The van der Waals surface area contributed by atoms with Gasteiger partial charge in [-0.25, -0.2) is 0 Å². The van der Waals surface area contributed by atoms with E-state index in [0.717, 1.165) is 16.5 Å². The van der Waals surface area contributed by atoms with Gasteiger partial charge in [0.05, 0.1) is 13.0 Å². The van der Waals surface area contributed by atoms with Crippen LogP contribution in [0.25, 0.3) is 10.8 Å². The summed E-state index contributed by atoms with van der Waals surface area (Å²) in [5, 5.41) is 11.4. The molecule has 3 rings (SSSR count). The molecule has 27 heavy (non-hydrogen) atoms. The van der Waals surface area contributed by atoms with Gasteiger partial charge in [0.1, 0.15) is 16.3 Å². The molecule has 140 valence electrons. The van der Waals surface area contributed by atoms with E-state index in [4.69, 9.17) is 32.7 Å². The lowest BCUT2D eigenvalue weighted by Gasteiger charge is -2.13. The third-order valence-corrected chi connectivity index (χ3v) is 5.45. The number of benzene rings is 2. The van der Waals surface area contributed by atoms with E-state index in [-0.39, 0.29) is 21.7 Å². The quantitative estimate of drug-likeness (QED) is 0.614. The van der Waals surface area contributed by atoms with E-state index in [1.807, 2.05) is 44.2 Å². The number of carbonyl (C=O) groups is 1. The Labute approximate surface area is 168 Å². The summed E-state index contributed by atoms with van der Waals surface area (Å²) in [6.45, 7) is 3.89. The first-order valence-corrected chi connectivity index (χ1v) is 9.24. The molecule has 0 saturated heterocycles. The van der Waals surface area contributed by atoms with Crippen molar-refractivity contribution >= 4 is 39.9 Å². The molecule has 1 aliphatic carbocycles. The third-order valence-electron chi connectivity index (χ3n) is 5.20. The van der Waals surface area contributed by atoms with Crippen molar-refractivity contribution in [2.24, 2.45) is 17.3 Å². The number of methoxy groups -OCH3 is 1. The molecule has 0 unspecified atom stereocenters. The van der Waals surface area contributed by atoms with Crippen LogP contribution in [0.5, 0.6) is 5.75 Å². The van der Waals surface area contributed by atoms with Crippen molar-refractivity contribution in [1.29, 1.82) is 5.26 Å². The van der Waals surface area contributed by atoms with Crippen LogP contribution in [0.1, 0.15) is 25.5 Å². The van der Waals surface area contributed by atoms with Crippen molar-refractivity contribution < 1.29 is 14.3 Å². The van der Waals surface area contributed by atoms with Crippen LogP contribution in [0.2, 0.25) is 0 Å². The van der Waals surface area contributed by atoms with Crippen molar-refractivity contribution in [2.75, 3.05) is 7.11 Å². The SMILES string of the molecule is COc1ccc2cc([C@@H](C#N)OC(=O)[C@H]3[C@H](C=C(Cl)Cl)C3(C)C)ccc2c1. The zero-order valence-corrected chi connectivity index (χ0v) is 16.7. The van der Waals surface area contributed by atoms with Crippen LogP contribution >= 0.6 is 23.2 Å². The molecule has 0 bridgehead atoms. The molecule has 0 aromatic heterocycles. The van der Waals surface area contributed by atoms with E-state index in [9.17, 15) is 10.1 Å². The largest absolute Gasteiger partial charge is 0.497 e. The highest BCUT2D eigenvalue weighted by atomic mass is 35.5. The minimum Gasteiger partial charge on any atom is -0.497 e. The average Bonchev–Trinajstić information content (AvgIpc) is 3.17. The summed E-state index contributed by atoms with van der Waals surface area (Å²) in [5.41, 5.74) is 0.330. The highest BCUT2D eigenvalue weighted by Gasteiger charge is 2.62. The molecule has 2 aromatic rings. The maximum Gasteiger partial charge on any atom is 0.311 e. The van der Waals surface area contributed by atoms with Crippen molar-refractivity contribution in [3.63, 3.8) is 0 Å². The minimum absolute atomic E-state index is 0.0987. The maximum atomic E-state index is 12.6. The Morgan fingerprint density at radius 3 is 2.52 bits per heavy atom. The Kier molecular flexibility index (Phi) is 5.37. The van der Waals surface area contributed by atoms with Crippen molar-refractivity contribution in [2.45, 2.75) is 20.0 Å². The van der Waals surface area contributed by atoms with Crippen LogP contribution < -0.4 is 4.74 Å². The van der Waals surface area contributed by atoms with Crippen LogP contribution in [-0.4, -0.2) is 13.1 Å². The van der Waals surface area contributed by atoms with Gasteiger partial charge in [-0.05, 0) is 46.4 Å². The molecule has 2 aromatic carbocycles. The first-order chi connectivity index (χ1) is 12.8. The molecule has 0 aliphatic heterocycles. The summed E-state index contributed by atoms with van der Waals surface area (Å²) in [7, 11) is 1.61. The molecule has 0 spiro atoms. The zero-order valence-electron chi connectivity index (χ0n) is 15.2. The van der Waals surface area contributed by atoms with Gasteiger partial charge in [0.15, 0.2) is 0 Å². The Hall–Kier alpha value is -2.22. The number of ether oxygens (including phenoxy) is 2. The fourth-order valence-electron chi connectivity index (χ4n) is 3.47. The Morgan fingerprint density at radius 1 is 1.22 bits per heavy atom. The van der Waals surface area contributed by atoms with Gasteiger partial charge in [0.25, 0.3) is 0 Å². The molecule has 6 heteroatoms. The summed E-state index contributed by atoms with van der Waals surface area (Å²) in [4.78, 5) is 12.6. The van der Waals surface area contributed by atoms with Crippen LogP contribution in [-0.2, 0) is 9.53 Å². The van der Waals surface area contributed by atoms with Gasteiger partial charge >= 0.3 is 5.97 Å². The Morgan fingerprint density at radius 2 is 1.89 bits per heavy atom. The summed E-state index contributed by atoms with van der Waals surface area (Å²) in [5.74, 6) is -0.132. The van der Waals surface area contributed by atoms with Gasteiger partial charge in [0, 0.05) is 5.56 Å². The minimum atomic E-state index is -0.975. The molecule has 1 saturated carbocycles. The molecule has 0 radical (unpaired) electrons. The molecule has 3 atom stereocenters. The van der Waals surface area contributed by atoms with E-state index in [0.29, 0.717) is 5.56 Å². The molecular formula is C21H19Cl2NO3. The fraction of sp³-hybridized carbons (Fsp3) is 0.333. The van der Waals surface area contributed by atoms with Crippen LogP contribution in [0.4, 0.5) is 0 Å². The van der Waals surface area contributed by atoms with E-state index in [1.165, 1.54) is 0 Å². The van der Waals surface area contributed by atoms with Gasteiger partial charge in [0.2, 0.25) is 6.10 Å². The number of nitrogens with zero attached hydrogens (tertiary/aromatic N) is 1. The van der Waals surface area contributed by atoms with Crippen LogP contribution in [0.3, 0.4) is 0 Å². The lowest BCUT2D eigenvalue weighted by Crippen LogP contribution is -2.14. The third kappa shape index (κ3) is 3.90. The van der Waals surface area contributed by atoms with Crippen LogP contribution in [0.15, 0.2) is 47.0 Å². The van der Waals surface area contributed by atoms with Crippen molar-refractivity contribution in [1.82, 2.24) is 0 Å². The lowest BCUT2D eigenvalue weighted by molar-refractivity contribution is -0.149. The average molecular weight is 404 g/mol. The normalized spacial score (nSPS) is 21.0. The standard InChI is InChI=1S/C21H19Cl2NO3/c1-21(2)16(10-18(22)23)19(21)20(25)27-17(11-24)14-5-4-13-9-15(26-3)7-6-12(13)8-14/h4-10,16-17,19H,1-3H3/t16-,17+,19+/m0/s1. The predicted octanol–water partition coefficient (Wildman–Crippen LogP) is 5.55. The molecule has 0 N–H and O–H groups in total. The molecular weight excluding hydrogens is 385 g/mol. The van der Waals surface area contributed by atoms with Gasteiger partial charge in [-0.2, -0.15) is 5.26 Å².